The Morgan fingerprint density at radius 3 is 2.95 bits per heavy atom. The monoisotopic (exact) mass is 285 g/mol. The maximum absolute atomic E-state index is 11.9. The maximum Gasteiger partial charge on any atom is 0.234 e. The summed E-state index contributed by atoms with van der Waals surface area (Å²) in [5, 5.41) is 6.37. The third-order valence-corrected chi connectivity index (χ3v) is 3.66. The Bertz CT molecular complexity index is 264. The van der Waals surface area contributed by atoms with Gasteiger partial charge in [-0.3, -0.25) is 9.69 Å². The van der Waals surface area contributed by atoms with Crippen molar-refractivity contribution in [1.82, 2.24) is 15.5 Å². The third-order valence-electron chi connectivity index (χ3n) is 3.66. The van der Waals surface area contributed by atoms with E-state index in [1.54, 1.807) is 0 Å². The van der Waals surface area contributed by atoms with Crippen LogP contribution in [0.5, 0.6) is 0 Å². The highest BCUT2D eigenvalue weighted by Gasteiger charge is 2.18. The molecule has 0 aromatic rings. The normalized spacial score (nSPS) is 20.1. The van der Waals surface area contributed by atoms with E-state index in [-0.39, 0.29) is 12.0 Å². The summed E-state index contributed by atoms with van der Waals surface area (Å²) in [6.07, 6.45) is 4.65. The van der Waals surface area contributed by atoms with Crippen molar-refractivity contribution in [3.05, 3.63) is 0 Å². The van der Waals surface area contributed by atoms with Gasteiger partial charge in [0.1, 0.15) is 0 Å². The first kappa shape index (κ1) is 17.4. The summed E-state index contributed by atoms with van der Waals surface area (Å²) in [5.41, 5.74) is 0. The van der Waals surface area contributed by atoms with Gasteiger partial charge in [0.05, 0.1) is 12.6 Å². The van der Waals surface area contributed by atoms with Gasteiger partial charge in [-0.2, -0.15) is 0 Å². The first-order chi connectivity index (χ1) is 9.59. The van der Waals surface area contributed by atoms with Crippen LogP contribution in [0.2, 0.25) is 0 Å². The van der Waals surface area contributed by atoms with Crippen LogP contribution in [0.25, 0.3) is 0 Å². The van der Waals surface area contributed by atoms with Gasteiger partial charge in [0.25, 0.3) is 0 Å². The lowest BCUT2D eigenvalue weighted by atomic mass is 10.1. The molecule has 0 saturated carbocycles. The average Bonchev–Trinajstić information content (AvgIpc) is 2.66. The molecule has 2 N–H and O–H groups in total. The van der Waals surface area contributed by atoms with Crippen molar-refractivity contribution in [2.24, 2.45) is 0 Å². The number of ether oxygens (including phenoxy) is 1. The fourth-order valence-electron chi connectivity index (χ4n) is 2.47. The Hall–Kier alpha value is -0.650. The van der Waals surface area contributed by atoms with E-state index in [0.29, 0.717) is 25.7 Å². The van der Waals surface area contributed by atoms with Gasteiger partial charge in [-0.05, 0) is 59.7 Å². The van der Waals surface area contributed by atoms with Gasteiger partial charge in [-0.15, -0.1) is 0 Å². The van der Waals surface area contributed by atoms with Crippen LogP contribution in [0.4, 0.5) is 0 Å². The molecule has 1 heterocycles. The summed E-state index contributed by atoms with van der Waals surface area (Å²) in [6, 6.07) is 0.528. The zero-order valence-electron chi connectivity index (χ0n) is 13.3. The highest BCUT2D eigenvalue weighted by atomic mass is 16.5. The molecule has 0 aromatic heterocycles. The minimum Gasteiger partial charge on any atom is -0.379 e. The second-order valence-corrected chi connectivity index (χ2v) is 5.87. The number of likely N-dealkylation sites (N-methyl/N-ethyl adjacent to an activating group) is 1. The van der Waals surface area contributed by atoms with Crippen LogP contribution in [0, 0.1) is 0 Å². The quantitative estimate of drug-likeness (QED) is 0.653. The van der Waals surface area contributed by atoms with E-state index in [4.69, 9.17) is 4.74 Å². The zero-order valence-corrected chi connectivity index (χ0v) is 13.3. The lowest BCUT2D eigenvalue weighted by Crippen LogP contribution is -2.41. The minimum atomic E-state index is 0.120. The molecule has 118 valence electrons. The SMILES string of the molecule is CC(C)OCCCNC(=O)CN(C)C1CCCNCC1. The van der Waals surface area contributed by atoms with E-state index < -0.39 is 0 Å². The van der Waals surface area contributed by atoms with Crippen LogP contribution < -0.4 is 10.6 Å². The molecule has 5 nitrogen and oxygen atoms in total. The molecule has 1 unspecified atom stereocenters. The summed E-state index contributed by atoms with van der Waals surface area (Å²) in [4.78, 5) is 14.1. The number of rotatable bonds is 8. The molecule has 1 saturated heterocycles. The molecule has 1 amide bonds. The van der Waals surface area contributed by atoms with Crippen molar-refractivity contribution in [2.45, 2.75) is 51.7 Å². The number of amides is 1. The topological polar surface area (TPSA) is 53.6 Å². The summed E-state index contributed by atoms with van der Waals surface area (Å²) in [5.74, 6) is 0.120. The van der Waals surface area contributed by atoms with Crippen LogP contribution in [0.15, 0.2) is 0 Å². The molecule has 1 aliphatic rings. The smallest absolute Gasteiger partial charge is 0.234 e. The molecule has 1 fully saturated rings. The molecule has 0 spiro atoms. The second kappa shape index (κ2) is 10.1. The molecule has 0 aromatic carbocycles. The lowest BCUT2D eigenvalue weighted by molar-refractivity contribution is -0.122. The molecule has 0 radical (unpaired) electrons. The van der Waals surface area contributed by atoms with Gasteiger partial charge in [-0.1, -0.05) is 0 Å². The number of carbonyl (C=O) groups excluding carboxylic acids is 1. The highest BCUT2D eigenvalue weighted by molar-refractivity contribution is 5.77. The number of carbonyl (C=O) groups is 1. The Kier molecular flexibility index (Phi) is 8.82. The van der Waals surface area contributed by atoms with Gasteiger partial charge in [0, 0.05) is 19.2 Å². The molecular weight excluding hydrogens is 254 g/mol. The number of nitrogens with zero attached hydrogens (tertiary/aromatic N) is 1. The van der Waals surface area contributed by atoms with Crippen molar-refractivity contribution in [1.29, 1.82) is 0 Å². The highest BCUT2D eigenvalue weighted by Crippen LogP contribution is 2.11. The summed E-state index contributed by atoms with van der Waals surface area (Å²) < 4.78 is 5.45. The summed E-state index contributed by atoms with van der Waals surface area (Å²) in [7, 11) is 2.05. The van der Waals surface area contributed by atoms with Crippen LogP contribution in [-0.2, 0) is 9.53 Å². The summed E-state index contributed by atoms with van der Waals surface area (Å²) in [6.45, 7) is 8.11. The molecule has 20 heavy (non-hydrogen) atoms. The molecular formula is C15H31N3O2. The van der Waals surface area contributed by atoms with Crippen molar-refractivity contribution in [3.8, 4) is 0 Å². The van der Waals surface area contributed by atoms with Crippen LogP contribution >= 0.6 is 0 Å². The molecule has 1 atom stereocenters. The van der Waals surface area contributed by atoms with Crippen molar-refractivity contribution in [2.75, 3.05) is 39.8 Å². The Balaban J connectivity index is 2.11. The molecule has 1 rings (SSSR count). The van der Waals surface area contributed by atoms with Gasteiger partial charge in [0.15, 0.2) is 0 Å². The van der Waals surface area contributed by atoms with E-state index in [0.717, 1.165) is 25.9 Å². The predicted octanol–water partition coefficient (Wildman–Crippen LogP) is 0.992. The van der Waals surface area contributed by atoms with E-state index in [1.807, 2.05) is 13.8 Å². The van der Waals surface area contributed by atoms with E-state index in [1.165, 1.54) is 12.8 Å². The molecule has 0 bridgehead atoms. The Morgan fingerprint density at radius 2 is 2.20 bits per heavy atom. The fourth-order valence-corrected chi connectivity index (χ4v) is 2.47. The van der Waals surface area contributed by atoms with Crippen molar-refractivity contribution in [3.63, 3.8) is 0 Å². The number of nitrogens with one attached hydrogen (secondary N) is 2. The van der Waals surface area contributed by atoms with Crippen molar-refractivity contribution >= 4 is 5.91 Å². The average molecular weight is 285 g/mol. The van der Waals surface area contributed by atoms with Gasteiger partial charge >= 0.3 is 0 Å². The number of hydrogen-bond acceptors (Lipinski definition) is 4. The fraction of sp³-hybridized carbons (Fsp3) is 0.933. The third kappa shape index (κ3) is 7.82. The first-order valence-electron chi connectivity index (χ1n) is 7.89. The summed E-state index contributed by atoms with van der Waals surface area (Å²) >= 11 is 0. The standard InChI is InChI=1S/C15H31N3O2/c1-13(2)20-11-5-9-17-15(19)12-18(3)14-6-4-8-16-10-7-14/h13-14,16H,4-12H2,1-3H3,(H,17,19). The number of hydrogen-bond donors (Lipinski definition) is 2. The second-order valence-electron chi connectivity index (χ2n) is 5.87. The zero-order chi connectivity index (χ0) is 14.8. The lowest BCUT2D eigenvalue weighted by Gasteiger charge is -2.26. The van der Waals surface area contributed by atoms with Crippen molar-refractivity contribution < 1.29 is 9.53 Å². The van der Waals surface area contributed by atoms with Gasteiger partial charge < -0.3 is 15.4 Å². The predicted molar refractivity (Wildman–Crippen MR) is 81.9 cm³/mol. The first-order valence-corrected chi connectivity index (χ1v) is 7.89. The Labute approximate surface area is 123 Å². The van der Waals surface area contributed by atoms with E-state index in [9.17, 15) is 4.79 Å². The Morgan fingerprint density at radius 1 is 1.40 bits per heavy atom. The van der Waals surface area contributed by atoms with Gasteiger partial charge in [0.2, 0.25) is 5.91 Å². The molecule has 1 aliphatic heterocycles. The molecule has 5 heteroatoms. The molecule has 0 aliphatic carbocycles. The largest absolute Gasteiger partial charge is 0.379 e. The van der Waals surface area contributed by atoms with E-state index in [2.05, 4.69) is 22.6 Å². The van der Waals surface area contributed by atoms with Crippen LogP contribution in [0.1, 0.15) is 39.5 Å². The van der Waals surface area contributed by atoms with E-state index >= 15 is 0 Å². The minimum absolute atomic E-state index is 0.120. The van der Waals surface area contributed by atoms with Crippen LogP contribution in [-0.4, -0.2) is 62.8 Å². The van der Waals surface area contributed by atoms with Gasteiger partial charge in [-0.25, -0.2) is 0 Å². The van der Waals surface area contributed by atoms with Crippen LogP contribution in [0.3, 0.4) is 0 Å². The maximum atomic E-state index is 11.9.